The molecule has 1 amide bonds. The Morgan fingerprint density at radius 1 is 1.40 bits per heavy atom. The zero-order valence-corrected chi connectivity index (χ0v) is 15.0. The van der Waals surface area contributed by atoms with Crippen LogP contribution in [-0.2, 0) is 4.74 Å². The molecule has 1 fully saturated rings. The number of rotatable bonds is 6. The van der Waals surface area contributed by atoms with Crippen LogP contribution in [0.5, 0.6) is 0 Å². The van der Waals surface area contributed by atoms with Gasteiger partial charge in [0.1, 0.15) is 5.56 Å². The van der Waals surface area contributed by atoms with Gasteiger partial charge in [-0.2, -0.15) is 0 Å². The topological polar surface area (TPSA) is 84.1 Å². The third-order valence-electron chi connectivity index (χ3n) is 5.70. The molecule has 0 spiro atoms. The quantitative estimate of drug-likeness (QED) is 0.844. The van der Waals surface area contributed by atoms with Crippen LogP contribution in [0.4, 0.5) is 0 Å². The summed E-state index contributed by atoms with van der Waals surface area (Å²) < 4.78 is 5.85. The normalized spacial score (nSPS) is 21.7. The predicted molar refractivity (Wildman–Crippen MR) is 96.7 cm³/mol. The van der Waals surface area contributed by atoms with Crippen molar-refractivity contribution in [2.24, 2.45) is 5.41 Å². The number of hydrogen-bond donors (Lipinski definition) is 2. The van der Waals surface area contributed by atoms with Gasteiger partial charge in [0, 0.05) is 36.7 Å². The van der Waals surface area contributed by atoms with Crippen molar-refractivity contribution in [3.05, 3.63) is 40.4 Å². The molecule has 1 aliphatic rings. The van der Waals surface area contributed by atoms with Crippen molar-refractivity contribution in [2.45, 2.75) is 52.2 Å². The van der Waals surface area contributed by atoms with Crippen LogP contribution in [0.2, 0.25) is 0 Å². The molecule has 2 N–H and O–H groups in total. The summed E-state index contributed by atoms with van der Waals surface area (Å²) in [5, 5.41) is 3.48. The molecule has 1 aliphatic carbocycles. The van der Waals surface area contributed by atoms with Gasteiger partial charge in [-0.25, -0.2) is 0 Å². The summed E-state index contributed by atoms with van der Waals surface area (Å²) in [6.07, 6.45) is 7.39. The van der Waals surface area contributed by atoms with E-state index in [1.807, 2.05) is 6.92 Å². The van der Waals surface area contributed by atoms with Crippen molar-refractivity contribution in [3.8, 4) is 0 Å². The Morgan fingerprint density at radius 2 is 2.16 bits per heavy atom. The highest BCUT2D eigenvalue weighted by Crippen LogP contribution is 2.48. The van der Waals surface area contributed by atoms with Gasteiger partial charge in [0.2, 0.25) is 5.43 Å². The number of fused-ring (bicyclic) bond motifs is 1. The van der Waals surface area contributed by atoms with Gasteiger partial charge in [0.05, 0.1) is 17.0 Å². The van der Waals surface area contributed by atoms with E-state index in [4.69, 9.17) is 4.74 Å². The molecule has 2 aromatic rings. The minimum atomic E-state index is -0.335. The smallest absolute Gasteiger partial charge is 0.257 e. The van der Waals surface area contributed by atoms with Gasteiger partial charge < -0.3 is 15.0 Å². The zero-order chi connectivity index (χ0) is 18.0. The Hall–Kier alpha value is -2.21. The monoisotopic (exact) mass is 343 g/mol. The first-order valence-corrected chi connectivity index (χ1v) is 8.95. The number of hydrogen-bond acceptors (Lipinski definition) is 4. The standard InChI is InChI=1S/C19H25N3O3/c1-4-19(5-2)15(9-16(19)25-6-3)22-18(24)13-11-21-14-7-8-20-10-12(14)17(13)23/h7-8,10-11,15-16H,4-6,9H2,1-3H3,(H,21,23)(H,22,24)/t15-,16-/m0/s1. The molecular formula is C19H25N3O3. The fourth-order valence-electron chi connectivity index (χ4n) is 4.05. The van der Waals surface area contributed by atoms with E-state index >= 15 is 0 Å². The zero-order valence-electron chi connectivity index (χ0n) is 15.0. The lowest BCUT2D eigenvalue weighted by molar-refractivity contribution is -0.134. The lowest BCUT2D eigenvalue weighted by Crippen LogP contribution is -2.64. The summed E-state index contributed by atoms with van der Waals surface area (Å²) >= 11 is 0. The van der Waals surface area contributed by atoms with Crippen LogP contribution >= 0.6 is 0 Å². The maximum absolute atomic E-state index is 12.7. The van der Waals surface area contributed by atoms with Crippen molar-refractivity contribution in [1.29, 1.82) is 0 Å². The van der Waals surface area contributed by atoms with E-state index in [9.17, 15) is 9.59 Å². The van der Waals surface area contributed by atoms with Crippen molar-refractivity contribution < 1.29 is 9.53 Å². The minimum Gasteiger partial charge on any atom is -0.378 e. The van der Waals surface area contributed by atoms with Gasteiger partial charge in [-0.15, -0.1) is 0 Å². The van der Waals surface area contributed by atoms with Crippen LogP contribution in [0.3, 0.4) is 0 Å². The highest BCUT2D eigenvalue weighted by atomic mass is 16.5. The average Bonchev–Trinajstić information content (AvgIpc) is 2.62. The molecular weight excluding hydrogens is 318 g/mol. The molecule has 3 rings (SSSR count). The second-order valence-corrected chi connectivity index (χ2v) is 6.60. The number of amides is 1. The van der Waals surface area contributed by atoms with Gasteiger partial charge in [-0.1, -0.05) is 13.8 Å². The van der Waals surface area contributed by atoms with E-state index in [1.54, 1.807) is 12.3 Å². The maximum atomic E-state index is 12.7. The number of aromatic nitrogens is 2. The van der Waals surface area contributed by atoms with Gasteiger partial charge in [-0.3, -0.25) is 14.6 Å². The molecule has 0 bridgehead atoms. The fraction of sp³-hybridized carbons (Fsp3) is 0.526. The molecule has 25 heavy (non-hydrogen) atoms. The highest BCUT2D eigenvalue weighted by molar-refractivity contribution is 5.97. The lowest BCUT2D eigenvalue weighted by atomic mass is 9.58. The lowest BCUT2D eigenvalue weighted by Gasteiger charge is -2.55. The molecule has 1 saturated carbocycles. The number of pyridine rings is 2. The molecule has 0 unspecified atom stereocenters. The van der Waals surface area contributed by atoms with Crippen LogP contribution in [-0.4, -0.2) is 34.6 Å². The molecule has 2 atom stereocenters. The van der Waals surface area contributed by atoms with Crippen LogP contribution in [0.15, 0.2) is 29.5 Å². The van der Waals surface area contributed by atoms with Gasteiger partial charge in [0.25, 0.3) is 5.91 Å². The summed E-state index contributed by atoms with van der Waals surface area (Å²) in [6, 6.07) is 1.74. The minimum absolute atomic E-state index is 0.0237. The van der Waals surface area contributed by atoms with Crippen molar-refractivity contribution in [3.63, 3.8) is 0 Å². The molecule has 0 aliphatic heterocycles. The largest absolute Gasteiger partial charge is 0.378 e. The molecule has 6 heteroatoms. The Balaban J connectivity index is 1.83. The maximum Gasteiger partial charge on any atom is 0.257 e. The third-order valence-corrected chi connectivity index (χ3v) is 5.70. The second-order valence-electron chi connectivity index (χ2n) is 6.60. The van der Waals surface area contributed by atoms with Crippen molar-refractivity contribution >= 4 is 16.8 Å². The first kappa shape index (κ1) is 17.6. The fourth-order valence-corrected chi connectivity index (χ4v) is 4.05. The number of ether oxygens (including phenoxy) is 1. The molecule has 0 radical (unpaired) electrons. The van der Waals surface area contributed by atoms with E-state index in [0.29, 0.717) is 17.5 Å². The Kier molecular flexibility index (Phi) is 4.90. The van der Waals surface area contributed by atoms with E-state index in [2.05, 4.69) is 29.1 Å². The second kappa shape index (κ2) is 6.96. The summed E-state index contributed by atoms with van der Waals surface area (Å²) in [5.41, 5.74) is 0.449. The van der Waals surface area contributed by atoms with Crippen LogP contribution < -0.4 is 10.7 Å². The van der Waals surface area contributed by atoms with E-state index in [1.165, 1.54) is 12.4 Å². The van der Waals surface area contributed by atoms with Crippen LogP contribution in [0, 0.1) is 5.41 Å². The average molecular weight is 343 g/mol. The SMILES string of the molecule is CCO[C@H]1C[C@H](NC(=O)c2c[nH]c3ccncc3c2=O)C1(CC)CC. The highest BCUT2D eigenvalue weighted by Gasteiger charge is 2.53. The summed E-state index contributed by atoms with van der Waals surface area (Å²) in [4.78, 5) is 32.3. The van der Waals surface area contributed by atoms with Crippen molar-refractivity contribution in [2.75, 3.05) is 6.61 Å². The molecule has 2 heterocycles. The summed E-state index contributed by atoms with van der Waals surface area (Å²) in [5.74, 6) is -0.335. The van der Waals surface area contributed by atoms with Crippen LogP contribution in [0.25, 0.3) is 10.9 Å². The number of nitrogens with zero attached hydrogens (tertiary/aromatic N) is 1. The molecule has 0 saturated heterocycles. The predicted octanol–water partition coefficient (Wildman–Crippen LogP) is 2.64. The van der Waals surface area contributed by atoms with Gasteiger partial charge in [0.15, 0.2) is 0 Å². The number of carbonyl (C=O) groups is 1. The molecule has 2 aromatic heterocycles. The Labute approximate surface area is 147 Å². The van der Waals surface area contributed by atoms with Crippen molar-refractivity contribution in [1.82, 2.24) is 15.3 Å². The molecule has 6 nitrogen and oxygen atoms in total. The molecule has 134 valence electrons. The summed E-state index contributed by atoms with van der Waals surface area (Å²) in [6.45, 7) is 6.92. The van der Waals surface area contributed by atoms with Gasteiger partial charge >= 0.3 is 0 Å². The molecule has 0 aromatic carbocycles. The Bertz CT molecular complexity index is 826. The number of nitrogens with one attached hydrogen (secondary N) is 2. The number of H-pyrrole nitrogens is 1. The first-order valence-electron chi connectivity index (χ1n) is 8.95. The number of carbonyl (C=O) groups excluding carboxylic acids is 1. The van der Waals surface area contributed by atoms with Crippen LogP contribution in [0.1, 0.15) is 50.4 Å². The van der Waals surface area contributed by atoms with Gasteiger partial charge in [-0.05, 0) is 32.3 Å². The Morgan fingerprint density at radius 3 is 2.84 bits per heavy atom. The van der Waals surface area contributed by atoms with E-state index < -0.39 is 0 Å². The first-order chi connectivity index (χ1) is 12.1. The summed E-state index contributed by atoms with van der Waals surface area (Å²) in [7, 11) is 0. The van der Waals surface area contributed by atoms with E-state index in [0.717, 1.165) is 19.3 Å². The number of aromatic amines is 1. The van der Waals surface area contributed by atoms with E-state index in [-0.39, 0.29) is 34.5 Å². The third kappa shape index (κ3) is 2.84.